The van der Waals surface area contributed by atoms with E-state index >= 15 is 0 Å². The summed E-state index contributed by atoms with van der Waals surface area (Å²) in [6.07, 6.45) is 2.42. The number of benzene rings is 1. The molecule has 0 aromatic heterocycles. The molecule has 1 aromatic carbocycles. The maximum absolute atomic E-state index is 14.2. The van der Waals surface area contributed by atoms with Gasteiger partial charge in [0.25, 0.3) is 5.69 Å². The minimum Gasteiger partial charge on any atom is -0.364 e. The number of hydrogen-bond acceptors (Lipinski definition) is 4. The van der Waals surface area contributed by atoms with Gasteiger partial charge in [-0.25, -0.2) is 4.39 Å². The molecule has 2 bridgehead atoms. The first-order valence-corrected chi connectivity index (χ1v) is 6.69. The molecule has 0 saturated carbocycles. The van der Waals surface area contributed by atoms with Gasteiger partial charge in [-0.2, -0.15) is 0 Å². The maximum Gasteiger partial charge on any atom is 0.279 e. The van der Waals surface area contributed by atoms with E-state index in [-0.39, 0.29) is 5.69 Å². The van der Waals surface area contributed by atoms with E-state index in [4.69, 9.17) is 0 Å². The highest BCUT2D eigenvalue weighted by Crippen LogP contribution is 2.33. The summed E-state index contributed by atoms with van der Waals surface area (Å²) < 4.78 is 14.2. The summed E-state index contributed by atoms with van der Waals surface area (Å²) >= 11 is 0. The van der Waals surface area contributed by atoms with Crippen molar-refractivity contribution in [3.05, 3.63) is 40.2 Å². The van der Waals surface area contributed by atoms with Crippen molar-refractivity contribution in [3.63, 3.8) is 0 Å². The van der Waals surface area contributed by atoms with E-state index in [9.17, 15) is 14.5 Å². The smallest absolute Gasteiger partial charge is 0.279 e. The van der Waals surface area contributed by atoms with Crippen LogP contribution in [0.1, 0.15) is 12.0 Å². The number of fused-ring (bicyclic) bond motifs is 2. The van der Waals surface area contributed by atoms with Crippen LogP contribution in [0.2, 0.25) is 0 Å². The molecule has 3 rings (SSSR count). The molecular weight excluding hydrogens is 261 g/mol. The Labute approximate surface area is 116 Å². The predicted molar refractivity (Wildman–Crippen MR) is 75.3 cm³/mol. The molecule has 0 aliphatic carbocycles. The monoisotopic (exact) mass is 277 g/mol. The molecule has 0 N–H and O–H groups in total. The number of halogens is 1. The van der Waals surface area contributed by atoms with Crippen LogP contribution in [-0.2, 0) is 0 Å². The molecule has 2 heterocycles. The summed E-state index contributed by atoms with van der Waals surface area (Å²) in [5, 5.41) is 10.9. The number of piperazine rings is 1. The molecule has 2 unspecified atom stereocenters. The maximum atomic E-state index is 14.2. The molecule has 106 valence electrons. The van der Waals surface area contributed by atoms with Crippen molar-refractivity contribution in [1.29, 1.82) is 0 Å². The molecule has 6 heteroatoms. The van der Waals surface area contributed by atoms with E-state index in [1.807, 2.05) is 4.90 Å². The lowest BCUT2D eigenvalue weighted by atomic mass is 10.1. The zero-order chi connectivity index (χ0) is 14.3. The Balaban J connectivity index is 2.01. The van der Waals surface area contributed by atoms with Crippen LogP contribution >= 0.6 is 0 Å². The van der Waals surface area contributed by atoms with Gasteiger partial charge in [0.1, 0.15) is 0 Å². The summed E-state index contributed by atoms with van der Waals surface area (Å²) in [4.78, 5) is 14.7. The number of nitrogens with zero attached hydrogens (tertiary/aromatic N) is 3. The van der Waals surface area contributed by atoms with Gasteiger partial charge in [0, 0.05) is 32.2 Å². The van der Waals surface area contributed by atoms with Gasteiger partial charge in [-0.3, -0.25) is 15.0 Å². The Morgan fingerprint density at radius 1 is 1.40 bits per heavy atom. The van der Waals surface area contributed by atoms with Crippen molar-refractivity contribution in [3.8, 4) is 0 Å². The van der Waals surface area contributed by atoms with Crippen LogP contribution in [0.4, 0.5) is 15.8 Å². The summed E-state index contributed by atoms with van der Waals surface area (Å²) in [5.41, 5.74) is 0.593. The van der Waals surface area contributed by atoms with Crippen LogP contribution in [0.5, 0.6) is 0 Å². The van der Waals surface area contributed by atoms with Gasteiger partial charge in [-0.15, -0.1) is 0 Å². The van der Waals surface area contributed by atoms with Gasteiger partial charge in [-0.05, 0) is 12.5 Å². The van der Waals surface area contributed by atoms with Gasteiger partial charge in [0.15, 0.2) is 5.82 Å². The predicted octanol–water partition coefficient (Wildman–Crippen LogP) is 2.27. The molecule has 0 spiro atoms. The first kappa shape index (κ1) is 13.1. The molecule has 0 radical (unpaired) electrons. The number of rotatable bonds is 3. The fourth-order valence-electron chi connectivity index (χ4n) is 3.13. The van der Waals surface area contributed by atoms with Gasteiger partial charge in [-0.1, -0.05) is 12.7 Å². The summed E-state index contributed by atoms with van der Waals surface area (Å²) in [6.45, 7) is 7.25. The van der Waals surface area contributed by atoms with Crippen molar-refractivity contribution in [2.75, 3.05) is 31.1 Å². The Kier molecular flexibility index (Phi) is 3.17. The van der Waals surface area contributed by atoms with E-state index in [0.717, 1.165) is 38.7 Å². The Bertz CT molecular complexity index is 576. The number of nitro benzene ring substituents is 1. The molecular formula is C14H16FN3O2. The largest absolute Gasteiger partial charge is 0.364 e. The van der Waals surface area contributed by atoms with Crippen LogP contribution in [0.3, 0.4) is 0 Å². The van der Waals surface area contributed by atoms with Crippen LogP contribution in [-0.4, -0.2) is 42.0 Å². The number of hydrogen-bond donors (Lipinski definition) is 0. The van der Waals surface area contributed by atoms with E-state index in [0.29, 0.717) is 17.3 Å². The lowest BCUT2D eigenvalue weighted by Gasteiger charge is -2.36. The zero-order valence-corrected chi connectivity index (χ0v) is 11.1. The molecule has 2 aliphatic heterocycles. The minimum absolute atomic E-state index is 0.230. The highest BCUT2D eigenvalue weighted by atomic mass is 19.1. The second-order valence-corrected chi connectivity index (χ2v) is 5.26. The van der Waals surface area contributed by atoms with Gasteiger partial charge in [0.05, 0.1) is 22.2 Å². The third-order valence-corrected chi connectivity index (χ3v) is 4.17. The highest BCUT2D eigenvalue weighted by molar-refractivity contribution is 5.67. The number of anilines is 1. The fraction of sp³-hybridized carbons (Fsp3) is 0.429. The van der Waals surface area contributed by atoms with Crippen LogP contribution in [0.15, 0.2) is 18.7 Å². The Hall–Kier alpha value is -1.95. The standard InChI is InChI=1S/C14H16FN3O2/c1-2-10-7-14(12(15)8-13(10)18(19)20)17-6-5-16-4-3-11(17)9-16/h2,7-8,11H,1,3-6,9H2. The van der Waals surface area contributed by atoms with Crippen molar-refractivity contribution in [1.82, 2.24) is 4.90 Å². The topological polar surface area (TPSA) is 49.6 Å². The van der Waals surface area contributed by atoms with Crippen LogP contribution in [0, 0.1) is 15.9 Å². The summed E-state index contributed by atoms with van der Waals surface area (Å²) in [5.74, 6) is -0.525. The van der Waals surface area contributed by atoms with Crippen LogP contribution < -0.4 is 4.90 Å². The van der Waals surface area contributed by atoms with Crippen molar-refractivity contribution in [2.24, 2.45) is 0 Å². The molecule has 2 saturated heterocycles. The van der Waals surface area contributed by atoms with Crippen molar-refractivity contribution in [2.45, 2.75) is 12.5 Å². The molecule has 2 fully saturated rings. The van der Waals surface area contributed by atoms with Gasteiger partial charge >= 0.3 is 0 Å². The molecule has 2 atom stereocenters. The quantitative estimate of drug-likeness (QED) is 0.628. The van der Waals surface area contributed by atoms with Gasteiger partial charge < -0.3 is 4.90 Å². The normalized spacial score (nSPS) is 24.8. The Morgan fingerprint density at radius 3 is 2.90 bits per heavy atom. The molecule has 1 aromatic rings. The van der Waals surface area contributed by atoms with E-state index in [2.05, 4.69) is 11.5 Å². The lowest BCUT2D eigenvalue weighted by molar-refractivity contribution is -0.385. The SMILES string of the molecule is C=Cc1cc(N2CCN3CCC2C3)c(F)cc1[N+](=O)[O-]. The zero-order valence-electron chi connectivity index (χ0n) is 11.1. The highest BCUT2D eigenvalue weighted by Gasteiger charge is 2.34. The Morgan fingerprint density at radius 2 is 2.20 bits per heavy atom. The molecule has 0 amide bonds. The van der Waals surface area contributed by atoms with E-state index < -0.39 is 10.7 Å². The average Bonchev–Trinajstić information content (AvgIpc) is 2.81. The first-order chi connectivity index (χ1) is 9.60. The second kappa shape index (κ2) is 4.86. The van der Waals surface area contributed by atoms with Crippen molar-refractivity contribution >= 4 is 17.5 Å². The molecule has 5 nitrogen and oxygen atoms in total. The van der Waals surface area contributed by atoms with E-state index in [1.54, 1.807) is 6.07 Å². The minimum atomic E-state index is -0.572. The third-order valence-electron chi connectivity index (χ3n) is 4.17. The first-order valence-electron chi connectivity index (χ1n) is 6.69. The number of nitro groups is 1. The average molecular weight is 277 g/mol. The second-order valence-electron chi connectivity index (χ2n) is 5.26. The third kappa shape index (κ3) is 2.06. The van der Waals surface area contributed by atoms with Crippen LogP contribution in [0.25, 0.3) is 6.08 Å². The van der Waals surface area contributed by atoms with Gasteiger partial charge in [0.2, 0.25) is 0 Å². The lowest BCUT2D eigenvalue weighted by Crippen LogP contribution is -2.47. The summed E-state index contributed by atoms with van der Waals surface area (Å²) in [7, 11) is 0. The van der Waals surface area contributed by atoms with Crippen molar-refractivity contribution < 1.29 is 9.31 Å². The molecule has 20 heavy (non-hydrogen) atoms. The fourth-order valence-corrected chi connectivity index (χ4v) is 3.13. The van der Waals surface area contributed by atoms with E-state index in [1.165, 1.54) is 6.08 Å². The summed E-state index contributed by atoms with van der Waals surface area (Å²) in [6, 6.07) is 2.86. The molecule has 2 aliphatic rings.